The van der Waals surface area contributed by atoms with Crippen molar-refractivity contribution < 1.29 is 9.90 Å². The second-order valence-electron chi connectivity index (χ2n) is 3.00. The third-order valence-corrected chi connectivity index (χ3v) is 1.93. The average molecular weight is 206 g/mol. The van der Waals surface area contributed by atoms with Crippen LogP contribution in [0.5, 0.6) is 0 Å². The Balaban J connectivity index is 2.76. The lowest BCUT2D eigenvalue weighted by Crippen LogP contribution is -2.33. The Kier molecular flexibility index (Phi) is 4.50. The molecule has 4 nitrogen and oxygen atoms in total. The van der Waals surface area contributed by atoms with E-state index in [4.69, 9.17) is 5.11 Å². The van der Waals surface area contributed by atoms with Gasteiger partial charge >= 0.3 is 0 Å². The van der Waals surface area contributed by atoms with Gasteiger partial charge in [0.25, 0.3) is 5.91 Å². The molecule has 1 heterocycles. The van der Waals surface area contributed by atoms with Crippen LogP contribution in [0.4, 0.5) is 0 Å². The second-order valence-corrected chi connectivity index (χ2v) is 3.00. The molecule has 0 atom stereocenters. The van der Waals surface area contributed by atoms with E-state index in [0.29, 0.717) is 18.7 Å². The summed E-state index contributed by atoms with van der Waals surface area (Å²) < 4.78 is 0. The number of hydrogen-bond donors (Lipinski definition) is 1. The maximum absolute atomic E-state index is 11.9. The molecule has 0 spiro atoms. The highest BCUT2D eigenvalue weighted by atomic mass is 16.3. The molecule has 0 aliphatic rings. The van der Waals surface area contributed by atoms with E-state index in [1.165, 1.54) is 4.90 Å². The molecule has 1 N–H and O–H groups in total. The van der Waals surface area contributed by atoms with E-state index in [0.717, 1.165) is 0 Å². The first-order valence-corrected chi connectivity index (χ1v) is 4.70. The standard InChI is InChI=1S/C11H14N2O2/c1-2-7-13(8-9-14)11(15)10-3-5-12-6-4-10/h2-6,14H,1,7-9H2. The van der Waals surface area contributed by atoms with Gasteiger partial charge in [-0.05, 0) is 12.1 Å². The molecule has 1 rings (SSSR count). The van der Waals surface area contributed by atoms with E-state index in [9.17, 15) is 4.79 Å². The van der Waals surface area contributed by atoms with E-state index >= 15 is 0 Å². The molecule has 0 aliphatic carbocycles. The fourth-order valence-corrected chi connectivity index (χ4v) is 1.23. The molecule has 15 heavy (non-hydrogen) atoms. The average Bonchev–Trinajstić information content (AvgIpc) is 2.29. The Bertz CT molecular complexity index is 325. The zero-order chi connectivity index (χ0) is 11.1. The van der Waals surface area contributed by atoms with Crippen LogP contribution >= 0.6 is 0 Å². The minimum atomic E-state index is -0.119. The van der Waals surface area contributed by atoms with Gasteiger partial charge in [-0.3, -0.25) is 9.78 Å². The van der Waals surface area contributed by atoms with Gasteiger partial charge in [0.1, 0.15) is 0 Å². The molecule has 4 heteroatoms. The van der Waals surface area contributed by atoms with Crippen molar-refractivity contribution in [3.05, 3.63) is 42.7 Å². The Hall–Kier alpha value is -1.68. The zero-order valence-corrected chi connectivity index (χ0v) is 8.47. The fraction of sp³-hybridized carbons (Fsp3) is 0.273. The molecule has 0 aliphatic heterocycles. The minimum Gasteiger partial charge on any atom is -0.395 e. The Morgan fingerprint density at radius 3 is 2.73 bits per heavy atom. The first-order valence-electron chi connectivity index (χ1n) is 4.70. The smallest absolute Gasteiger partial charge is 0.254 e. The number of hydrogen-bond acceptors (Lipinski definition) is 3. The van der Waals surface area contributed by atoms with Crippen LogP contribution in [0.3, 0.4) is 0 Å². The summed E-state index contributed by atoms with van der Waals surface area (Å²) in [5, 5.41) is 8.82. The molecule has 0 fully saturated rings. The summed E-state index contributed by atoms with van der Waals surface area (Å²) in [5.41, 5.74) is 0.570. The summed E-state index contributed by atoms with van der Waals surface area (Å²) >= 11 is 0. The maximum atomic E-state index is 11.9. The number of aliphatic hydroxyl groups excluding tert-OH is 1. The predicted molar refractivity (Wildman–Crippen MR) is 57.4 cm³/mol. The van der Waals surface area contributed by atoms with Crippen molar-refractivity contribution >= 4 is 5.91 Å². The maximum Gasteiger partial charge on any atom is 0.254 e. The Morgan fingerprint density at radius 2 is 2.20 bits per heavy atom. The van der Waals surface area contributed by atoms with Crippen LogP contribution in [0.15, 0.2) is 37.2 Å². The third-order valence-electron chi connectivity index (χ3n) is 1.93. The summed E-state index contributed by atoms with van der Waals surface area (Å²) in [7, 11) is 0. The first kappa shape index (κ1) is 11.4. The first-order chi connectivity index (χ1) is 7.29. The van der Waals surface area contributed by atoms with Crippen LogP contribution < -0.4 is 0 Å². The number of pyridine rings is 1. The van der Waals surface area contributed by atoms with E-state index in [1.807, 2.05) is 0 Å². The molecule has 0 saturated carbocycles. The van der Waals surface area contributed by atoms with Crippen LogP contribution in [-0.4, -0.2) is 40.6 Å². The summed E-state index contributed by atoms with van der Waals surface area (Å²) in [5.74, 6) is -0.119. The predicted octanol–water partition coefficient (Wildman–Crippen LogP) is 0.702. The van der Waals surface area contributed by atoms with Crippen LogP contribution in [0.1, 0.15) is 10.4 Å². The molecule has 0 unspecified atom stereocenters. The highest BCUT2D eigenvalue weighted by Crippen LogP contribution is 2.03. The van der Waals surface area contributed by atoms with Crippen molar-refractivity contribution in [2.24, 2.45) is 0 Å². The van der Waals surface area contributed by atoms with Crippen LogP contribution in [0, 0.1) is 0 Å². The van der Waals surface area contributed by atoms with Crippen molar-refractivity contribution in [3.8, 4) is 0 Å². The van der Waals surface area contributed by atoms with Gasteiger partial charge in [-0.15, -0.1) is 6.58 Å². The minimum absolute atomic E-state index is 0.0509. The molecule has 0 radical (unpaired) electrons. The van der Waals surface area contributed by atoms with Gasteiger partial charge in [0.15, 0.2) is 0 Å². The van der Waals surface area contributed by atoms with Gasteiger partial charge in [-0.2, -0.15) is 0 Å². The molecule has 1 aromatic rings. The molecular weight excluding hydrogens is 192 g/mol. The van der Waals surface area contributed by atoms with Crippen molar-refractivity contribution in [3.63, 3.8) is 0 Å². The van der Waals surface area contributed by atoms with Crippen LogP contribution in [0.25, 0.3) is 0 Å². The lowest BCUT2D eigenvalue weighted by Gasteiger charge is -2.19. The fourth-order valence-electron chi connectivity index (χ4n) is 1.23. The molecule has 0 saturated heterocycles. The number of amides is 1. The van der Waals surface area contributed by atoms with E-state index < -0.39 is 0 Å². The zero-order valence-electron chi connectivity index (χ0n) is 8.47. The summed E-state index contributed by atoms with van der Waals surface area (Å²) in [6.07, 6.45) is 4.77. The number of carbonyl (C=O) groups excluding carboxylic acids is 1. The Labute approximate surface area is 88.9 Å². The SMILES string of the molecule is C=CCN(CCO)C(=O)c1ccncc1. The number of aromatic nitrogens is 1. The highest BCUT2D eigenvalue weighted by molar-refractivity contribution is 5.94. The van der Waals surface area contributed by atoms with Gasteiger partial charge in [-0.1, -0.05) is 6.08 Å². The highest BCUT2D eigenvalue weighted by Gasteiger charge is 2.12. The summed E-state index contributed by atoms with van der Waals surface area (Å²) in [4.78, 5) is 17.2. The Morgan fingerprint density at radius 1 is 1.53 bits per heavy atom. The largest absolute Gasteiger partial charge is 0.395 e. The van der Waals surface area contributed by atoms with Gasteiger partial charge in [0.05, 0.1) is 6.61 Å². The normalized spacial score (nSPS) is 9.67. The van der Waals surface area contributed by atoms with Gasteiger partial charge in [0.2, 0.25) is 0 Å². The van der Waals surface area contributed by atoms with Gasteiger partial charge in [-0.25, -0.2) is 0 Å². The van der Waals surface area contributed by atoms with E-state index in [2.05, 4.69) is 11.6 Å². The molecule has 1 aromatic heterocycles. The second kappa shape index (κ2) is 5.93. The lowest BCUT2D eigenvalue weighted by atomic mass is 10.2. The van der Waals surface area contributed by atoms with E-state index in [-0.39, 0.29) is 12.5 Å². The monoisotopic (exact) mass is 206 g/mol. The van der Waals surface area contributed by atoms with Gasteiger partial charge in [0, 0.05) is 31.0 Å². The number of aliphatic hydroxyl groups is 1. The van der Waals surface area contributed by atoms with Gasteiger partial charge < -0.3 is 10.0 Å². The van der Waals surface area contributed by atoms with Crippen molar-refractivity contribution in [2.45, 2.75) is 0 Å². The van der Waals surface area contributed by atoms with Crippen molar-refractivity contribution in [2.75, 3.05) is 19.7 Å². The van der Waals surface area contributed by atoms with Crippen LogP contribution in [0.2, 0.25) is 0 Å². The quantitative estimate of drug-likeness (QED) is 0.721. The molecule has 1 amide bonds. The number of rotatable bonds is 5. The topological polar surface area (TPSA) is 53.4 Å². The summed E-state index contributed by atoms with van der Waals surface area (Å²) in [6.45, 7) is 4.26. The molecule has 0 bridgehead atoms. The summed E-state index contributed by atoms with van der Waals surface area (Å²) in [6, 6.07) is 3.30. The third kappa shape index (κ3) is 3.18. The molecule has 80 valence electrons. The van der Waals surface area contributed by atoms with Crippen molar-refractivity contribution in [1.29, 1.82) is 0 Å². The number of nitrogens with zero attached hydrogens (tertiary/aromatic N) is 2. The number of carbonyl (C=O) groups is 1. The van der Waals surface area contributed by atoms with Crippen LogP contribution in [-0.2, 0) is 0 Å². The van der Waals surface area contributed by atoms with Crippen molar-refractivity contribution in [1.82, 2.24) is 9.88 Å². The van der Waals surface area contributed by atoms with E-state index in [1.54, 1.807) is 30.6 Å². The molecular formula is C11H14N2O2. The lowest BCUT2D eigenvalue weighted by molar-refractivity contribution is 0.0743. The molecule has 0 aromatic carbocycles.